The number of nitrogens with zero attached hydrogens (tertiary/aromatic N) is 2. The molecule has 0 saturated carbocycles. The second-order valence-electron chi connectivity index (χ2n) is 4.11. The van der Waals surface area contributed by atoms with Crippen LogP contribution in [0, 0.1) is 0 Å². The molecule has 2 rings (SSSR count). The van der Waals surface area contributed by atoms with Gasteiger partial charge in [-0.3, -0.25) is 4.79 Å². The number of rotatable bonds is 2. The van der Waals surface area contributed by atoms with E-state index in [9.17, 15) is 9.59 Å². The smallest absolute Gasteiger partial charge is 0.371 e. The summed E-state index contributed by atoms with van der Waals surface area (Å²) in [6.07, 6.45) is 2.76. The maximum absolute atomic E-state index is 11.8. The zero-order chi connectivity index (χ0) is 13.3. The van der Waals surface area contributed by atoms with Crippen molar-refractivity contribution in [1.29, 1.82) is 0 Å². The summed E-state index contributed by atoms with van der Waals surface area (Å²) in [5.41, 5.74) is 1.36. The maximum atomic E-state index is 11.8. The number of amides is 1. The van der Waals surface area contributed by atoms with Crippen molar-refractivity contribution < 1.29 is 19.3 Å². The Morgan fingerprint density at radius 1 is 1.44 bits per heavy atom. The van der Waals surface area contributed by atoms with Crippen LogP contribution in [0.2, 0.25) is 0 Å². The molecule has 6 heteroatoms. The van der Waals surface area contributed by atoms with Gasteiger partial charge < -0.3 is 9.68 Å². The lowest BCUT2D eigenvalue weighted by atomic mass is 10.1. The highest BCUT2D eigenvalue weighted by atomic mass is 16.7. The number of hydroxylamine groups is 2. The van der Waals surface area contributed by atoms with Crippen LogP contribution in [0.1, 0.15) is 33.6 Å². The number of hydrogen-bond acceptors (Lipinski definition) is 5. The summed E-state index contributed by atoms with van der Waals surface area (Å²) >= 11 is 0. The lowest BCUT2D eigenvalue weighted by Crippen LogP contribution is -2.25. The van der Waals surface area contributed by atoms with Crippen LogP contribution in [0.15, 0.2) is 28.3 Å². The van der Waals surface area contributed by atoms with Crippen molar-refractivity contribution in [3.8, 4) is 0 Å². The van der Waals surface area contributed by atoms with E-state index < -0.39 is 5.97 Å². The van der Waals surface area contributed by atoms with Crippen LogP contribution < -0.4 is 0 Å². The van der Waals surface area contributed by atoms with E-state index in [2.05, 4.69) is 9.99 Å². The van der Waals surface area contributed by atoms with Crippen LogP contribution in [0.25, 0.3) is 0 Å². The Labute approximate surface area is 104 Å². The lowest BCUT2D eigenvalue weighted by Gasteiger charge is -2.16. The number of allylic oxidation sites excluding steroid dienone is 2. The maximum Gasteiger partial charge on any atom is 0.371 e. The van der Waals surface area contributed by atoms with Crippen LogP contribution in [0.5, 0.6) is 0 Å². The summed E-state index contributed by atoms with van der Waals surface area (Å²) in [5.74, 6) is -0.389. The van der Waals surface area contributed by atoms with Crippen molar-refractivity contribution in [3.05, 3.63) is 23.1 Å². The van der Waals surface area contributed by atoms with Crippen LogP contribution in [0.4, 0.5) is 0 Å². The van der Waals surface area contributed by atoms with Crippen LogP contribution >= 0.6 is 0 Å². The highest BCUT2D eigenvalue weighted by Crippen LogP contribution is 2.27. The summed E-state index contributed by atoms with van der Waals surface area (Å²) in [6.45, 7) is 5.31. The highest BCUT2D eigenvalue weighted by Gasteiger charge is 2.32. The van der Waals surface area contributed by atoms with Crippen molar-refractivity contribution in [2.75, 3.05) is 0 Å². The number of carbonyl (C=O) groups is 2. The Morgan fingerprint density at radius 3 is 2.72 bits per heavy atom. The summed E-state index contributed by atoms with van der Waals surface area (Å²) in [4.78, 5) is 33.2. The molecule has 0 spiro atoms. The molecule has 6 nitrogen and oxygen atoms in total. The summed E-state index contributed by atoms with van der Waals surface area (Å²) < 4.78 is 0. The van der Waals surface area contributed by atoms with E-state index in [4.69, 9.17) is 4.84 Å². The predicted molar refractivity (Wildman–Crippen MR) is 62.8 cm³/mol. The second kappa shape index (κ2) is 4.64. The first kappa shape index (κ1) is 12.3. The van der Waals surface area contributed by atoms with E-state index in [0.717, 1.165) is 6.42 Å². The molecule has 96 valence electrons. The fourth-order valence-electron chi connectivity index (χ4n) is 1.75. The molecule has 0 saturated heterocycles. The molecule has 18 heavy (non-hydrogen) atoms. The molecule has 0 radical (unpaired) electrons. The molecule has 2 aliphatic rings. The fraction of sp³-hybridized carbons (Fsp3) is 0.417. The number of oxime groups is 1. The third kappa shape index (κ3) is 2.01. The zero-order valence-electron chi connectivity index (χ0n) is 10.5. The zero-order valence-corrected chi connectivity index (χ0v) is 10.5. The summed E-state index contributed by atoms with van der Waals surface area (Å²) in [6, 6.07) is 0. The fourth-order valence-corrected chi connectivity index (χ4v) is 1.75. The van der Waals surface area contributed by atoms with E-state index in [1.807, 2.05) is 6.92 Å². The molecule has 0 unspecified atom stereocenters. The standard InChI is InChI=1S/C12H14N2O4/c1-4-5-10(15)14-7(2)6-9(18-14)11-8(3)13-17-12(11)16/h6H,4-5H2,1-3H3/b11-9+. The van der Waals surface area contributed by atoms with Gasteiger partial charge >= 0.3 is 5.97 Å². The molecule has 2 aliphatic heterocycles. The van der Waals surface area contributed by atoms with Gasteiger partial charge in [0.15, 0.2) is 5.76 Å². The van der Waals surface area contributed by atoms with Gasteiger partial charge in [-0.1, -0.05) is 12.1 Å². The Kier molecular flexibility index (Phi) is 3.18. The van der Waals surface area contributed by atoms with Gasteiger partial charge in [-0.15, -0.1) is 5.06 Å². The minimum atomic E-state index is -0.559. The van der Waals surface area contributed by atoms with Gasteiger partial charge in [0, 0.05) is 12.5 Å². The topological polar surface area (TPSA) is 68.2 Å². The average Bonchev–Trinajstić information content (AvgIpc) is 2.83. The first-order valence-corrected chi connectivity index (χ1v) is 5.74. The van der Waals surface area contributed by atoms with Gasteiger partial charge in [0.2, 0.25) is 0 Å². The molecule has 0 fully saturated rings. The van der Waals surface area contributed by atoms with Gasteiger partial charge in [-0.25, -0.2) is 4.79 Å². The molecule has 0 aliphatic carbocycles. The molecule has 0 atom stereocenters. The first-order valence-electron chi connectivity index (χ1n) is 5.74. The minimum absolute atomic E-state index is 0.136. The Bertz CT molecular complexity index is 502. The molecular formula is C12H14N2O4. The third-order valence-corrected chi connectivity index (χ3v) is 2.62. The van der Waals surface area contributed by atoms with Gasteiger partial charge in [0.1, 0.15) is 5.57 Å². The van der Waals surface area contributed by atoms with Gasteiger partial charge in [0.25, 0.3) is 5.91 Å². The van der Waals surface area contributed by atoms with Gasteiger partial charge in [-0.2, -0.15) is 0 Å². The molecule has 2 heterocycles. The molecule has 0 aromatic carbocycles. The third-order valence-electron chi connectivity index (χ3n) is 2.62. The lowest BCUT2D eigenvalue weighted by molar-refractivity contribution is -0.158. The second-order valence-corrected chi connectivity index (χ2v) is 4.11. The first-order chi connectivity index (χ1) is 8.54. The van der Waals surface area contributed by atoms with Crippen LogP contribution in [-0.2, 0) is 19.3 Å². The van der Waals surface area contributed by atoms with Gasteiger partial charge in [0.05, 0.1) is 11.4 Å². The van der Waals surface area contributed by atoms with E-state index >= 15 is 0 Å². The van der Waals surface area contributed by atoms with Crippen molar-refractivity contribution >= 4 is 17.6 Å². The molecule has 0 aromatic heterocycles. The minimum Gasteiger partial charge on any atom is -0.371 e. The monoisotopic (exact) mass is 250 g/mol. The normalized spacial score (nSPS) is 22.6. The Hall–Kier alpha value is -2.11. The van der Waals surface area contributed by atoms with E-state index in [1.54, 1.807) is 19.9 Å². The Balaban J connectivity index is 2.26. The van der Waals surface area contributed by atoms with Crippen molar-refractivity contribution in [2.24, 2.45) is 5.16 Å². The highest BCUT2D eigenvalue weighted by molar-refractivity contribution is 6.21. The van der Waals surface area contributed by atoms with E-state index in [0.29, 0.717) is 23.6 Å². The number of hydrogen-bond donors (Lipinski definition) is 0. The quantitative estimate of drug-likeness (QED) is 0.552. The molecule has 0 N–H and O–H groups in total. The summed E-state index contributed by atoms with van der Waals surface area (Å²) in [5, 5.41) is 4.77. The Morgan fingerprint density at radius 2 is 2.17 bits per heavy atom. The van der Waals surface area contributed by atoms with Crippen molar-refractivity contribution in [1.82, 2.24) is 5.06 Å². The van der Waals surface area contributed by atoms with Crippen molar-refractivity contribution in [3.63, 3.8) is 0 Å². The molecule has 0 aromatic rings. The summed E-state index contributed by atoms with van der Waals surface area (Å²) in [7, 11) is 0. The van der Waals surface area contributed by atoms with Crippen LogP contribution in [-0.4, -0.2) is 22.7 Å². The van der Waals surface area contributed by atoms with Gasteiger partial charge in [-0.05, 0) is 20.3 Å². The van der Waals surface area contributed by atoms with Crippen molar-refractivity contribution in [2.45, 2.75) is 33.6 Å². The molecule has 1 amide bonds. The SMILES string of the molecule is CCCC(=O)N1O/C(=C2/C(=O)ON=C2C)C=C1C. The predicted octanol–water partition coefficient (Wildman–Crippen LogP) is 1.65. The van der Waals surface area contributed by atoms with E-state index in [-0.39, 0.29) is 11.5 Å². The largest absolute Gasteiger partial charge is 0.371 e. The molecular weight excluding hydrogens is 236 g/mol. The number of carbonyl (C=O) groups excluding carboxylic acids is 2. The van der Waals surface area contributed by atoms with Crippen LogP contribution in [0.3, 0.4) is 0 Å². The van der Waals surface area contributed by atoms with E-state index in [1.165, 1.54) is 5.06 Å². The average molecular weight is 250 g/mol. The molecule has 0 bridgehead atoms.